The van der Waals surface area contributed by atoms with Gasteiger partial charge < -0.3 is 9.88 Å². The monoisotopic (exact) mass is 262 g/mol. The first kappa shape index (κ1) is 12.1. The van der Waals surface area contributed by atoms with Gasteiger partial charge in [0.1, 0.15) is 5.82 Å². The van der Waals surface area contributed by atoms with Gasteiger partial charge in [-0.3, -0.25) is 0 Å². The number of aromatic nitrogens is 3. The summed E-state index contributed by atoms with van der Waals surface area (Å²) in [6, 6.07) is 0.678. The van der Waals surface area contributed by atoms with E-state index in [0.29, 0.717) is 18.5 Å². The highest BCUT2D eigenvalue weighted by Gasteiger charge is 2.36. The number of hydrogen-bond donors (Lipinski definition) is 1. The Morgan fingerprint density at radius 2 is 2.17 bits per heavy atom. The molecule has 5 heteroatoms. The summed E-state index contributed by atoms with van der Waals surface area (Å²) in [5, 5.41) is 13.1. The third-order valence-electron chi connectivity index (χ3n) is 3.28. The summed E-state index contributed by atoms with van der Waals surface area (Å²) < 4.78 is 2.39. The van der Waals surface area contributed by atoms with Gasteiger partial charge in [0.15, 0.2) is 5.16 Å². The third kappa shape index (κ3) is 2.70. The van der Waals surface area contributed by atoms with Crippen molar-refractivity contribution >= 4 is 11.8 Å². The molecule has 2 aliphatic carbocycles. The Morgan fingerprint density at radius 3 is 2.83 bits per heavy atom. The topological polar surface area (TPSA) is 42.7 Å². The molecule has 1 aromatic rings. The van der Waals surface area contributed by atoms with Crippen LogP contribution in [-0.2, 0) is 0 Å². The van der Waals surface area contributed by atoms with Gasteiger partial charge >= 0.3 is 0 Å². The smallest absolute Gasteiger partial charge is 0.191 e. The molecule has 1 N–H and O–H groups in total. The van der Waals surface area contributed by atoms with Crippen molar-refractivity contribution in [2.75, 3.05) is 18.8 Å². The van der Waals surface area contributed by atoms with Crippen LogP contribution in [0.3, 0.4) is 0 Å². The van der Waals surface area contributed by atoms with Crippen molar-refractivity contribution in [2.45, 2.75) is 42.8 Å². The zero-order valence-corrected chi connectivity index (χ0v) is 11.2. The molecule has 96 valence electrons. The molecule has 4 nitrogen and oxygen atoms in total. The Morgan fingerprint density at radius 1 is 1.33 bits per heavy atom. The van der Waals surface area contributed by atoms with E-state index in [4.69, 9.17) is 6.42 Å². The third-order valence-corrected chi connectivity index (χ3v) is 4.23. The largest absolute Gasteiger partial charge is 0.305 e. The molecule has 2 fully saturated rings. The molecular weight excluding hydrogens is 244 g/mol. The van der Waals surface area contributed by atoms with E-state index in [0.717, 1.165) is 17.5 Å². The Kier molecular flexibility index (Phi) is 3.57. The maximum absolute atomic E-state index is 5.19. The Labute approximate surface area is 112 Å². The van der Waals surface area contributed by atoms with Crippen LogP contribution in [-0.4, -0.2) is 33.6 Å². The van der Waals surface area contributed by atoms with E-state index in [1.165, 1.54) is 31.5 Å². The molecular formula is C13H18N4S. The molecule has 0 aromatic carbocycles. The van der Waals surface area contributed by atoms with Crippen molar-refractivity contribution < 1.29 is 0 Å². The van der Waals surface area contributed by atoms with E-state index < -0.39 is 0 Å². The minimum Gasteiger partial charge on any atom is -0.305 e. The maximum atomic E-state index is 5.19. The number of hydrogen-bond acceptors (Lipinski definition) is 4. The van der Waals surface area contributed by atoms with E-state index in [-0.39, 0.29) is 0 Å². The summed E-state index contributed by atoms with van der Waals surface area (Å²) in [6.45, 7) is 1.56. The maximum Gasteiger partial charge on any atom is 0.191 e. The quantitative estimate of drug-likeness (QED) is 0.462. The van der Waals surface area contributed by atoms with Crippen molar-refractivity contribution in [3.8, 4) is 12.3 Å². The number of nitrogens with zero attached hydrogens (tertiary/aromatic N) is 3. The molecule has 2 aliphatic rings. The summed E-state index contributed by atoms with van der Waals surface area (Å²) in [4.78, 5) is 0. The van der Waals surface area contributed by atoms with Crippen molar-refractivity contribution in [1.82, 2.24) is 20.1 Å². The summed E-state index contributed by atoms with van der Waals surface area (Å²) in [6.07, 6.45) is 10.4. The van der Waals surface area contributed by atoms with E-state index in [9.17, 15) is 0 Å². The molecule has 18 heavy (non-hydrogen) atoms. The SMILES string of the molecule is C#CCNCCSc1nnc(C2CC2)n1C1CC1. The van der Waals surface area contributed by atoms with Crippen molar-refractivity contribution in [3.63, 3.8) is 0 Å². The molecule has 0 unspecified atom stereocenters. The van der Waals surface area contributed by atoms with Gasteiger partial charge in [0.2, 0.25) is 0 Å². The van der Waals surface area contributed by atoms with Crippen molar-refractivity contribution in [1.29, 1.82) is 0 Å². The Bertz CT molecular complexity index is 454. The minimum atomic E-state index is 0.642. The fourth-order valence-corrected chi connectivity index (χ4v) is 2.97. The Balaban J connectivity index is 1.59. The highest BCUT2D eigenvalue weighted by molar-refractivity contribution is 7.99. The zero-order chi connectivity index (χ0) is 12.4. The lowest BCUT2D eigenvalue weighted by Gasteiger charge is -2.07. The lowest BCUT2D eigenvalue weighted by Crippen LogP contribution is -2.17. The van der Waals surface area contributed by atoms with Crippen LogP contribution in [0.5, 0.6) is 0 Å². The lowest BCUT2D eigenvalue weighted by molar-refractivity contribution is 0.626. The van der Waals surface area contributed by atoms with Crippen LogP contribution >= 0.6 is 11.8 Å². The van der Waals surface area contributed by atoms with Crippen LogP contribution in [0.2, 0.25) is 0 Å². The molecule has 0 aliphatic heterocycles. The molecule has 1 aromatic heterocycles. The van der Waals surface area contributed by atoms with Gasteiger partial charge in [0.05, 0.1) is 6.54 Å². The van der Waals surface area contributed by atoms with Crippen LogP contribution in [0, 0.1) is 12.3 Å². The van der Waals surface area contributed by atoms with Gasteiger partial charge in [0, 0.05) is 24.3 Å². The summed E-state index contributed by atoms with van der Waals surface area (Å²) in [5.74, 6) is 5.50. The van der Waals surface area contributed by atoms with Gasteiger partial charge in [-0.2, -0.15) is 0 Å². The van der Waals surface area contributed by atoms with E-state index in [2.05, 4.69) is 26.0 Å². The second-order valence-corrected chi connectivity index (χ2v) is 6.01. The lowest BCUT2D eigenvalue weighted by atomic mass is 10.4. The van der Waals surface area contributed by atoms with Gasteiger partial charge in [-0.1, -0.05) is 17.7 Å². The van der Waals surface area contributed by atoms with Gasteiger partial charge in [-0.25, -0.2) is 0 Å². The van der Waals surface area contributed by atoms with E-state index >= 15 is 0 Å². The number of rotatable bonds is 7. The second-order valence-electron chi connectivity index (χ2n) is 4.95. The zero-order valence-electron chi connectivity index (χ0n) is 10.4. The fourth-order valence-electron chi connectivity index (χ4n) is 2.06. The number of thioether (sulfide) groups is 1. The summed E-state index contributed by atoms with van der Waals surface area (Å²) >= 11 is 1.79. The van der Waals surface area contributed by atoms with Crippen LogP contribution in [0.25, 0.3) is 0 Å². The van der Waals surface area contributed by atoms with Crippen LogP contribution in [0.4, 0.5) is 0 Å². The molecule has 0 saturated heterocycles. The first-order valence-corrected chi connectivity index (χ1v) is 7.60. The molecule has 0 radical (unpaired) electrons. The Hall–Kier alpha value is -0.990. The standard InChI is InChI=1S/C13H18N4S/c1-2-7-14-8-9-18-13-16-15-12(10-3-4-10)17(13)11-5-6-11/h1,10-11,14H,3-9H2. The number of nitrogens with one attached hydrogen (secondary N) is 1. The second kappa shape index (κ2) is 5.33. The number of terminal acetylenes is 1. The molecule has 1 heterocycles. The van der Waals surface area contributed by atoms with Crippen LogP contribution < -0.4 is 5.32 Å². The normalized spacial score (nSPS) is 18.8. The van der Waals surface area contributed by atoms with Gasteiger partial charge in [0.25, 0.3) is 0 Å². The molecule has 0 bridgehead atoms. The van der Waals surface area contributed by atoms with E-state index in [1.54, 1.807) is 11.8 Å². The molecule has 3 rings (SSSR count). The molecule has 0 amide bonds. The van der Waals surface area contributed by atoms with Crippen LogP contribution in [0.15, 0.2) is 5.16 Å². The summed E-state index contributed by atoms with van der Waals surface area (Å²) in [5.41, 5.74) is 0. The highest BCUT2D eigenvalue weighted by atomic mass is 32.2. The van der Waals surface area contributed by atoms with Crippen molar-refractivity contribution in [3.05, 3.63) is 5.82 Å². The average molecular weight is 262 g/mol. The van der Waals surface area contributed by atoms with Gasteiger partial charge in [-0.05, 0) is 25.7 Å². The molecule has 0 spiro atoms. The average Bonchev–Trinajstić information content (AvgIpc) is 3.28. The van der Waals surface area contributed by atoms with Crippen molar-refractivity contribution in [2.24, 2.45) is 0 Å². The predicted molar refractivity (Wildman–Crippen MR) is 72.7 cm³/mol. The fraction of sp³-hybridized carbons (Fsp3) is 0.692. The summed E-state index contributed by atoms with van der Waals surface area (Å²) in [7, 11) is 0. The molecule has 2 saturated carbocycles. The first-order valence-electron chi connectivity index (χ1n) is 6.62. The van der Waals surface area contributed by atoms with Gasteiger partial charge in [-0.15, -0.1) is 16.6 Å². The first-order chi connectivity index (χ1) is 8.90. The molecule has 0 atom stereocenters. The van der Waals surface area contributed by atoms with Crippen LogP contribution in [0.1, 0.15) is 43.5 Å². The predicted octanol–water partition coefficient (Wildman–Crippen LogP) is 1.81. The van der Waals surface area contributed by atoms with E-state index in [1.807, 2.05) is 0 Å². The highest BCUT2D eigenvalue weighted by Crippen LogP contribution is 2.45. The minimum absolute atomic E-state index is 0.642.